The zero-order valence-corrected chi connectivity index (χ0v) is 10.2. The van der Waals surface area contributed by atoms with Gasteiger partial charge in [0.15, 0.2) is 0 Å². The summed E-state index contributed by atoms with van der Waals surface area (Å²) >= 11 is 4.46. The van der Waals surface area contributed by atoms with Crippen LogP contribution in [0.2, 0.25) is 0 Å². The van der Waals surface area contributed by atoms with Crippen LogP contribution in [0.5, 0.6) is 0 Å². The van der Waals surface area contributed by atoms with Crippen molar-refractivity contribution in [1.82, 2.24) is 0 Å². The quantitative estimate of drug-likeness (QED) is 0.760. The molecule has 0 unspecified atom stereocenters. The maximum Gasteiger partial charge on any atom is 0.249 e. The Morgan fingerprint density at radius 1 is 1.25 bits per heavy atom. The van der Waals surface area contributed by atoms with E-state index in [0.717, 1.165) is 4.90 Å². The van der Waals surface area contributed by atoms with Crippen LogP contribution in [0.1, 0.15) is 53.9 Å². The van der Waals surface area contributed by atoms with Gasteiger partial charge in [-0.1, -0.05) is 31.4 Å². The van der Waals surface area contributed by atoms with Crippen molar-refractivity contribution < 1.29 is 4.79 Å². The molecular weight excluding hydrogens is 218 g/mol. The van der Waals surface area contributed by atoms with Crippen molar-refractivity contribution in [3.05, 3.63) is 29.3 Å². The van der Waals surface area contributed by atoms with Crippen molar-refractivity contribution in [2.75, 3.05) is 0 Å². The highest BCUT2D eigenvalue weighted by molar-refractivity contribution is 7.80. The van der Waals surface area contributed by atoms with Crippen molar-refractivity contribution in [2.45, 2.75) is 42.9 Å². The number of amides is 1. The fourth-order valence-corrected chi connectivity index (χ4v) is 2.95. The maximum absolute atomic E-state index is 11.2. The second-order valence-electron chi connectivity index (χ2n) is 4.44. The van der Waals surface area contributed by atoms with Crippen LogP contribution in [0.25, 0.3) is 0 Å². The summed E-state index contributed by atoms with van der Waals surface area (Å²) in [4.78, 5) is 12.0. The highest BCUT2D eigenvalue weighted by Gasteiger charge is 2.19. The number of thiol groups is 1. The van der Waals surface area contributed by atoms with Gasteiger partial charge in [-0.2, -0.15) is 0 Å². The Kier molecular flexibility index (Phi) is 3.54. The maximum atomic E-state index is 11.2. The molecule has 2 N–H and O–H groups in total. The Hall–Kier alpha value is -0.960. The third kappa shape index (κ3) is 2.24. The minimum Gasteiger partial charge on any atom is -0.366 e. The van der Waals surface area contributed by atoms with E-state index in [1.807, 2.05) is 6.07 Å². The van der Waals surface area contributed by atoms with E-state index in [1.165, 1.54) is 37.7 Å². The number of benzene rings is 1. The van der Waals surface area contributed by atoms with Gasteiger partial charge >= 0.3 is 0 Å². The van der Waals surface area contributed by atoms with Gasteiger partial charge in [0.2, 0.25) is 5.91 Å². The molecule has 0 heterocycles. The van der Waals surface area contributed by atoms with Gasteiger partial charge in [0.25, 0.3) is 0 Å². The Balaban J connectivity index is 2.33. The van der Waals surface area contributed by atoms with E-state index in [9.17, 15) is 4.79 Å². The highest BCUT2D eigenvalue weighted by atomic mass is 32.1. The van der Waals surface area contributed by atoms with E-state index in [-0.39, 0.29) is 5.91 Å². The number of rotatable bonds is 2. The van der Waals surface area contributed by atoms with Crippen LogP contribution in [-0.2, 0) is 0 Å². The van der Waals surface area contributed by atoms with Crippen LogP contribution in [0.4, 0.5) is 0 Å². The Labute approximate surface area is 102 Å². The van der Waals surface area contributed by atoms with E-state index < -0.39 is 0 Å². The van der Waals surface area contributed by atoms with Crippen molar-refractivity contribution in [2.24, 2.45) is 5.73 Å². The summed E-state index contributed by atoms with van der Waals surface area (Å²) in [5.74, 6) is 0.170. The van der Waals surface area contributed by atoms with Crippen molar-refractivity contribution in [3.63, 3.8) is 0 Å². The monoisotopic (exact) mass is 235 g/mol. The lowest BCUT2D eigenvalue weighted by molar-refractivity contribution is 0.0997. The molecule has 0 spiro atoms. The predicted molar refractivity (Wildman–Crippen MR) is 68.0 cm³/mol. The van der Waals surface area contributed by atoms with Gasteiger partial charge in [-0.3, -0.25) is 4.79 Å². The van der Waals surface area contributed by atoms with Crippen molar-refractivity contribution in [3.8, 4) is 0 Å². The molecule has 3 heteroatoms. The van der Waals surface area contributed by atoms with Crippen molar-refractivity contribution in [1.29, 1.82) is 0 Å². The first-order chi connectivity index (χ1) is 7.70. The molecule has 0 saturated heterocycles. The molecule has 1 aromatic carbocycles. The summed E-state index contributed by atoms with van der Waals surface area (Å²) in [7, 11) is 0. The molecule has 16 heavy (non-hydrogen) atoms. The number of primary amides is 1. The molecular formula is C13H17NOS. The molecule has 2 nitrogen and oxygen atoms in total. The van der Waals surface area contributed by atoms with E-state index in [2.05, 4.69) is 18.7 Å². The van der Waals surface area contributed by atoms with E-state index in [1.54, 1.807) is 6.07 Å². The van der Waals surface area contributed by atoms with Gasteiger partial charge < -0.3 is 5.73 Å². The van der Waals surface area contributed by atoms with Crippen LogP contribution in [0.3, 0.4) is 0 Å². The zero-order chi connectivity index (χ0) is 11.5. The summed E-state index contributed by atoms with van der Waals surface area (Å²) in [6.45, 7) is 0. The lowest BCUT2D eigenvalue weighted by Crippen LogP contribution is -2.14. The molecule has 1 fully saturated rings. The first-order valence-electron chi connectivity index (χ1n) is 5.82. The first kappa shape index (κ1) is 11.5. The standard InChI is InChI=1S/C13H17NOS/c14-13(15)11-8-4-7-10(12(11)16)9-5-2-1-3-6-9/h4,7-9,16H,1-3,5-6H2,(H2,14,15). The second kappa shape index (κ2) is 4.91. The summed E-state index contributed by atoms with van der Waals surface area (Å²) in [6, 6.07) is 5.73. The minimum absolute atomic E-state index is 0.386. The van der Waals surface area contributed by atoms with Crippen LogP contribution < -0.4 is 5.73 Å². The Bertz CT molecular complexity index is 397. The van der Waals surface area contributed by atoms with Crippen LogP contribution in [0, 0.1) is 0 Å². The molecule has 1 amide bonds. The average Bonchev–Trinajstić information content (AvgIpc) is 2.30. The average molecular weight is 235 g/mol. The number of hydrogen-bond acceptors (Lipinski definition) is 2. The van der Waals surface area contributed by atoms with E-state index in [4.69, 9.17) is 5.73 Å². The van der Waals surface area contributed by atoms with E-state index in [0.29, 0.717) is 11.5 Å². The fourth-order valence-electron chi connectivity index (χ4n) is 2.50. The Morgan fingerprint density at radius 2 is 1.94 bits per heavy atom. The molecule has 1 aliphatic carbocycles. The lowest BCUT2D eigenvalue weighted by Gasteiger charge is -2.23. The number of nitrogens with two attached hydrogens (primary N) is 1. The smallest absolute Gasteiger partial charge is 0.249 e. The summed E-state index contributed by atoms with van der Waals surface area (Å²) < 4.78 is 0. The molecule has 0 atom stereocenters. The summed E-state index contributed by atoms with van der Waals surface area (Å²) in [5, 5.41) is 0. The van der Waals surface area contributed by atoms with E-state index >= 15 is 0 Å². The predicted octanol–water partition coefficient (Wildman–Crippen LogP) is 3.12. The third-order valence-electron chi connectivity index (χ3n) is 3.38. The number of hydrogen-bond donors (Lipinski definition) is 2. The number of carbonyl (C=O) groups is 1. The molecule has 2 rings (SSSR count). The largest absolute Gasteiger partial charge is 0.366 e. The molecule has 0 radical (unpaired) electrons. The molecule has 1 aliphatic rings. The lowest BCUT2D eigenvalue weighted by atomic mass is 9.83. The Morgan fingerprint density at radius 3 is 2.56 bits per heavy atom. The van der Waals surface area contributed by atoms with Gasteiger partial charge in [0.1, 0.15) is 0 Å². The summed E-state index contributed by atoms with van der Waals surface area (Å²) in [5.41, 5.74) is 7.07. The molecule has 0 aromatic heterocycles. The zero-order valence-electron chi connectivity index (χ0n) is 9.28. The molecule has 1 aromatic rings. The van der Waals surface area contributed by atoms with Crippen LogP contribution in [-0.4, -0.2) is 5.91 Å². The molecule has 86 valence electrons. The second-order valence-corrected chi connectivity index (χ2v) is 4.89. The van der Waals surface area contributed by atoms with Gasteiger partial charge in [-0.25, -0.2) is 0 Å². The molecule has 0 bridgehead atoms. The van der Waals surface area contributed by atoms with Crippen molar-refractivity contribution >= 4 is 18.5 Å². The SMILES string of the molecule is NC(=O)c1cccc(C2CCCCC2)c1S. The van der Waals surface area contributed by atoms with Gasteiger partial charge in [-0.15, -0.1) is 12.6 Å². The number of carbonyl (C=O) groups excluding carboxylic acids is 1. The highest BCUT2D eigenvalue weighted by Crippen LogP contribution is 2.36. The van der Waals surface area contributed by atoms with Crippen LogP contribution in [0.15, 0.2) is 23.1 Å². The topological polar surface area (TPSA) is 43.1 Å². The van der Waals surface area contributed by atoms with Gasteiger partial charge in [0, 0.05) is 4.90 Å². The van der Waals surface area contributed by atoms with Gasteiger partial charge in [0.05, 0.1) is 5.56 Å². The summed E-state index contributed by atoms with van der Waals surface area (Å²) in [6.07, 6.45) is 6.29. The normalized spacial score (nSPS) is 17.3. The van der Waals surface area contributed by atoms with Crippen LogP contribution >= 0.6 is 12.6 Å². The molecule has 1 saturated carbocycles. The molecule has 0 aliphatic heterocycles. The fraction of sp³-hybridized carbons (Fsp3) is 0.462. The van der Waals surface area contributed by atoms with Gasteiger partial charge in [-0.05, 0) is 30.4 Å². The first-order valence-corrected chi connectivity index (χ1v) is 6.26. The minimum atomic E-state index is -0.386. The third-order valence-corrected chi connectivity index (χ3v) is 3.88.